The lowest BCUT2D eigenvalue weighted by Gasteiger charge is -2.35. The van der Waals surface area contributed by atoms with Crippen molar-refractivity contribution in [2.24, 2.45) is 23.5 Å². The number of nitrogens with two attached hydrogens (primary N) is 1. The monoisotopic (exact) mass is 309 g/mol. The first-order valence-corrected chi connectivity index (χ1v) is 7.84. The summed E-state index contributed by atoms with van der Waals surface area (Å²) in [7, 11) is 0. The SMILES string of the molecule is CC1CC(C)CC(C(N)Cc2cccc(Br)c2)C1. The summed E-state index contributed by atoms with van der Waals surface area (Å²) in [4.78, 5) is 0. The van der Waals surface area contributed by atoms with Gasteiger partial charge >= 0.3 is 0 Å². The quantitative estimate of drug-likeness (QED) is 0.880. The summed E-state index contributed by atoms with van der Waals surface area (Å²) in [5.41, 5.74) is 7.79. The number of hydrogen-bond acceptors (Lipinski definition) is 1. The van der Waals surface area contributed by atoms with Gasteiger partial charge in [0.05, 0.1) is 0 Å². The van der Waals surface area contributed by atoms with Crippen molar-refractivity contribution in [1.82, 2.24) is 0 Å². The van der Waals surface area contributed by atoms with E-state index in [0.29, 0.717) is 12.0 Å². The third-order valence-electron chi connectivity index (χ3n) is 4.18. The molecule has 2 heteroatoms. The van der Waals surface area contributed by atoms with E-state index < -0.39 is 0 Å². The molecule has 18 heavy (non-hydrogen) atoms. The summed E-state index contributed by atoms with van der Waals surface area (Å²) in [6.07, 6.45) is 4.99. The van der Waals surface area contributed by atoms with Crippen LogP contribution in [-0.4, -0.2) is 6.04 Å². The van der Waals surface area contributed by atoms with Gasteiger partial charge < -0.3 is 5.73 Å². The second-order valence-electron chi connectivity index (χ2n) is 6.18. The highest BCUT2D eigenvalue weighted by molar-refractivity contribution is 9.10. The Morgan fingerprint density at radius 3 is 2.50 bits per heavy atom. The van der Waals surface area contributed by atoms with E-state index in [4.69, 9.17) is 5.73 Å². The van der Waals surface area contributed by atoms with Gasteiger partial charge in [-0.15, -0.1) is 0 Å². The van der Waals surface area contributed by atoms with E-state index >= 15 is 0 Å². The molecule has 0 aliphatic heterocycles. The summed E-state index contributed by atoms with van der Waals surface area (Å²) >= 11 is 3.53. The minimum Gasteiger partial charge on any atom is -0.327 e. The van der Waals surface area contributed by atoms with Gasteiger partial charge in [0.15, 0.2) is 0 Å². The van der Waals surface area contributed by atoms with Crippen LogP contribution in [0.4, 0.5) is 0 Å². The maximum absolute atomic E-state index is 6.44. The van der Waals surface area contributed by atoms with Crippen LogP contribution in [0.1, 0.15) is 38.7 Å². The molecule has 1 aliphatic rings. The zero-order valence-corrected chi connectivity index (χ0v) is 13.0. The molecule has 0 spiro atoms. The van der Waals surface area contributed by atoms with E-state index in [1.807, 2.05) is 0 Å². The highest BCUT2D eigenvalue weighted by atomic mass is 79.9. The van der Waals surface area contributed by atoms with Gasteiger partial charge in [0.25, 0.3) is 0 Å². The molecule has 1 aromatic rings. The average molecular weight is 310 g/mol. The highest BCUT2D eigenvalue weighted by Gasteiger charge is 2.28. The molecule has 1 saturated carbocycles. The predicted octanol–water partition coefficient (Wildman–Crippen LogP) is 4.39. The zero-order valence-electron chi connectivity index (χ0n) is 11.4. The largest absolute Gasteiger partial charge is 0.327 e. The van der Waals surface area contributed by atoms with Crippen LogP contribution < -0.4 is 5.73 Å². The van der Waals surface area contributed by atoms with E-state index in [-0.39, 0.29) is 0 Å². The minimum absolute atomic E-state index is 0.310. The molecule has 0 bridgehead atoms. The van der Waals surface area contributed by atoms with Gasteiger partial charge in [-0.05, 0) is 61.1 Å². The predicted molar refractivity (Wildman–Crippen MR) is 81.5 cm³/mol. The standard InChI is InChI=1S/C16H24BrN/c1-11-6-12(2)8-14(7-11)16(18)10-13-4-3-5-15(17)9-13/h3-5,9,11-12,14,16H,6-8,10,18H2,1-2H3. The Kier molecular flexibility index (Phi) is 4.85. The van der Waals surface area contributed by atoms with Crippen molar-refractivity contribution in [2.45, 2.75) is 45.6 Å². The molecule has 2 rings (SSSR count). The summed E-state index contributed by atoms with van der Waals surface area (Å²) in [6, 6.07) is 8.85. The number of rotatable bonds is 3. The summed E-state index contributed by atoms with van der Waals surface area (Å²) < 4.78 is 1.15. The fraction of sp³-hybridized carbons (Fsp3) is 0.625. The molecule has 1 nitrogen and oxygen atoms in total. The van der Waals surface area contributed by atoms with Crippen LogP contribution in [0.15, 0.2) is 28.7 Å². The molecule has 3 unspecified atom stereocenters. The van der Waals surface area contributed by atoms with Gasteiger partial charge in [0.2, 0.25) is 0 Å². The lowest BCUT2D eigenvalue weighted by molar-refractivity contribution is 0.192. The van der Waals surface area contributed by atoms with Crippen LogP contribution in [0.2, 0.25) is 0 Å². The van der Waals surface area contributed by atoms with E-state index in [1.165, 1.54) is 24.8 Å². The van der Waals surface area contributed by atoms with Crippen LogP contribution in [0.3, 0.4) is 0 Å². The van der Waals surface area contributed by atoms with E-state index in [1.54, 1.807) is 0 Å². The highest BCUT2D eigenvalue weighted by Crippen LogP contribution is 2.34. The molecule has 100 valence electrons. The molecule has 1 aromatic carbocycles. The first-order chi connectivity index (χ1) is 8.54. The summed E-state index contributed by atoms with van der Waals surface area (Å²) in [6.45, 7) is 4.74. The van der Waals surface area contributed by atoms with Gasteiger partial charge in [0, 0.05) is 10.5 Å². The third-order valence-corrected chi connectivity index (χ3v) is 4.67. The van der Waals surface area contributed by atoms with Crippen LogP contribution in [0.5, 0.6) is 0 Å². The zero-order chi connectivity index (χ0) is 13.1. The van der Waals surface area contributed by atoms with E-state index in [0.717, 1.165) is 22.7 Å². The maximum Gasteiger partial charge on any atom is 0.0178 e. The van der Waals surface area contributed by atoms with Crippen LogP contribution in [0.25, 0.3) is 0 Å². The van der Waals surface area contributed by atoms with Gasteiger partial charge in [-0.2, -0.15) is 0 Å². The molecule has 1 fully saturated rings. The molecular formula is C16H24BrN. The molecule has 1 aliphatic carbocycles. The van der Waals surface area contributed by atoms with Gasteiger partial charge in [-0.25, -0.2) is 0 Å². The van der Waals surface area contributed by atoms with Crippen LogP contribution in [0, 0.1) is 17.8 Å². The van der Waals surface area contributed by atoms with Crippen molar-refractivity contribution in [1.29, 1.82) is 0 Å². The van der Waals surface area contributed by atoms with Crippen molar-refractivity contribution in [3.05, 3.63) is 34.3 Å². The van der Waals surface area contributed by atoms with E-state index in [9.17, 15) is 0 Å². The van der Waals surface area contributed by atoms with Crippen molar-refractivity contribution in [3.8, 4) is 0 Å². The maximum atomic E-state index is 6.44. The van der Waals surface area contributed by atoms with E-state index in [2.05, 4.69) is 54.0 Å². The first kappa shape index (κ1) is 14.1. The Bertz CT molecular complexity index is 380. The topological polar surface area (TPSA) is 26.0 Å². The third kappa shape index (κ3) is 3.83. The Labute approximate surface area is 119 Å². The second-order valence-corrected chi connectivity index (χ2v) is 7.09. The van der Waals surface area contributed by atoms with Gasteiger partial charge in [-0.1, -0.05) is 41.9 Å². The average Bonchev–Trinajstić information content (AvgIpc) is 2.27. The Hall–Kier alpha value is -0.340. The van der Waals surface area contributed by atoms with Crippen LogP contribution >= 0.6 is 15.9 Å². The fourth-order valence-electron chi connectivity index (χ4n) is 3.46. The number of hydrogen-bond donors (Lipinski definition) is 1. The lowest BCUT2D eigenvalue weighted by Crippen LogP contribution is -2.37. The molecule has 0 amide bonds. The lowest BCUT2D eigenvalue weighted by atomic mass is 9.73. The molecule has 0 radical (unpaired) electrons. The Morgan fingerprint density at radius 1 is 1.22 bits per heavy atom. The smallest absolute Gasteiger partial charge is 0.0178 e. The molecular weight excluding hydrogens is 286 g/mol. The van der Waals surface area contributed by atoms with Crippen molar-refractivity contribution < 1.29 is 0 Å². The minimum atomic E-state index is 0.310. The first-order valence-electron chi connectivity index (χ1n) is 7.04. The normalized spacial score (nSPS) is 30.1. The van der Waals surface area contributed by atoms with Crippen molar-refractivity contribution in [3.63, 3.8) is 0 Å². The molecule has 0 heterocycles. The summed E-state index contributed by atoms with van der Waals surface area (Å²) in [5, 5.41) is 0. The van der Waals surface area contributed by atoms with Gasteiger partial charge in [0.1, 0.15) is 0 Å². The Morgan fingerprint density at radius 2 is 1.89 bits per heavy atom. The second kappa shape index (κ2) is 6.21. The van der Waals surface area contributed by atoms with Gasteiger partial charge in [-0.3, -0.25) is 0 Å². The van der Waals surface area contributed by atoms with Crippen LogP contribution in [-0.2, 0) is 6.42 Å². The molecule has 0 saturated heterocycles. The fourth-order valence-corrected chi connectivity index (χ4v) is 3.91. The number of halogens is 1. The molecule has 3 atom stereocenters. The number of benzene rings is 1. The van der Waals surface area contributed by atoms with Crippen molar-refractivity contribution in [2.75, 3.05) is 0 Å². The Balaban J connectivity index is 1.97. The molecule has 2 N–H and O–H groups in total. The summed E-state index contributed by atoms with van der Waals surface area (Å²) in [5.74, 6) is 2.38. The molecule has 0 aromatic heterocycles. The van der Waals surface area contributed by atoms with Crippen molar-refractivity contribution >= 4 is 15.9 Å².